The molecule has 0 radical (unpaired) electrons. The fraction of sp³-hybridized carbons (Fsp3) is 0.100. The maximum atomic E-state index is 12.6. The van der Waals surface area contributed by atoms with Crippen LogP contribution in [-0.2, 0) is 4.79 Å². The van der Waals surface area contributed by atoms with Crippen LogP contribution in [0.25, 0.3) is 17.0 Å². The molecule has 4 aromatic rings. The Morgan fingerprint density at radius 3 is 2.55 bits per heavy atom. The standard InChI is InChI=1S/C20H16Cl2N6O/c1-27(11-17(29)26-19-14(21)8-5-9-15(19)22)18-10-16(13-6-3-2-4-7-13)25-20-23-12-24-28(18)20/h2-10,12H,11H2,1H3,(H,26,29). The second-order valence-corrected chi connectivity index (χ2v) is 7.15. The molecule has 0 saturated carbocycles. The van der Waals surface area contributed by atoms with Gasteiger partial charge in [-0.2, -0.15) is 14.6 Å². The summed E-state index contributed by atoms with van der Waals surface area (Å²) < 4.78 is 1.59. The SMILES string of the molecule is CN(CC(=O)Nc1c(Cl)cccc1Cl)c1cc(-c2ccccc2)nc2ncnn12. The molecule has 2 aromatic heterocycles. The number of likely N-dealkylation sites (N-methyl/N-ethyl adjacent to an activating group) is 1. The number of benzene rings is 2. The number of amides is 1. The van der Waals surface area contributed by atoms with E-state index in [0.717, 1.165) is 11.3 Å². The predicted octanol–water partition coefficient (Wildman–Crippen LogP) is 4.17. The molecule has 0 aliphatic heterocycles. The fourth-order valence-corrected chi connectivity index (χ4v) is 3.41. The van der Waals surface area contributed by atoms with Crippen LogP contribution in [-0.4, -0.2) is 39.1 Å². The summed E-state index contributed by atoms with van der Waals surface area (Å²) in [5.41, 5.74) is 2.07. The Hall–Kier alpha value is -3.16. The first kappa shape index (κ1) is 19.2. The summed E-state index contributed by atoms with van der Waals surface area (Å²) in [6.45, 7) is 0.0504. The van der Waals surface area contributed by atoms with Crippen LogP contribution >= 0.6 is 23.2 Å². The Morgan fingerprint density at radius 1 is 1.10 bits per heavy atom. The highest BCUT2D eigenvalue weighted by Gasteiger charge is 2.16. The van der Waals surface area contributed by atoms with Crippen molar-refractivity contribution in [2.24, 2.45) is 0 Å². The van der Waals surface area contributed by atoms with E-state index in [1.54, 1.807) is 34.7 Å². The monoisotopic (exact) mass is 426 g/mol. The Kier molecular flexibility index (Phi) is 5.33. The number of fused-ring (bicyclic) bond motifs is 1. The summed E-state index contributed by atoms with van der Waals surface area (Å²) in [5, 5.41) is 7.74. The van der Waals surface area contributed by atoms with Gasteiger partial charge in [-0.1, -0.05) is 59.6 Å². The number of aromatic nitrogens is 4. The number of hydrogen-bond acceptors (Lipinski definition) is 5. The first-order chi connectivity index (χ1) is 14.0. The molecule has 4 rings (SSSR count). The van der Waals surface area contributed by atoms with Crippen LogP contribution in [0.2, 0.25) is 10.0 Å². The minimum absolute atomic E-state index is 0.0504. The molecule has 1 amide bonds. The van der Waals surface area contributed by atoms with Gasteiger partial charge in [-0.25, -0.2) is 4.98 Å². The summed E-state index contributed by atoms with van der Waals surface area (Å²) in [4.78, 5) is 23.1. The number of carbonyl (C=O) groups excluding carboxylic acids is 1. The lowest BCUT2D eigenvalue weighted by atomic mass is 10.1. The molecule has 0 bridgehead atoms. The average molecular weight is 427 g/mol. The largest absolute Gasteiger partial charge is 0.350 e. The van der Waals surface area contributed by atoms with Crippen molar-refractivity contribution in [2.45, 2.75) is 0 Å². The molecule has 7 nitrogen and oxygen atoms in total. The van der Waals surface area contributed by atoms with Crippen molar-refractivity contribution in [1.82, 2.24) is 19.6 Å². The molecule has 9 heteroatoms. The summed E-state index contributed by atoms with van der Waals surface area (Å²) in [7, 11) is 1.79. The van der Waals surface area contributed by atoms with Crippen LogP contribution in [0.15, 0.2) is 60.9 Å². The maximum Gasteiger partial charge on any atom is 0.254 e. The molecule has 2 heterocycles. The molecule has 2 aromatic carbocycles. The average Bonchev–Trinajstić information content (AvgIpc) is 3.19. The smallest absolute Gasteiger partial charge is 0.254 e. The van der Waals surface area contributed by atoms with E-state index in [9.17, 15) is 4.79 Å². The van der Waals surface area contributed by atoms with E-state index in [4.69, 9.17) is 23.2 Å². The third-order valence-corrected chi connectivity index (χ3v) is 4.93. The molecule has 146 valence electrons. The molecular formula is C20H16Cl2N6O. The van der Waals surface area contributed by atoms with Crippen molar-refractivity contribution in [2.75, 3.05) is 23.8 Å². The van der Waals surface area contributed by atoms with E-state index in [1.165, 1.54) is 6.33 Å². The highest BCUT2D eigenvalue weighted by atomic mass is 35.5. The Morgan fingerprint density at radius 2 is 1.83 bits per heavy atom. The third-order valence-electron chi connectivity index (χ3n) is 4.30. The second-order valence-electron chi connectivity index (χ2n) is 6.34. The summed E-state index contributed by atoms with van der Waals surface area (Å²) in [6, 6.07) is 16.7. The molecule has 0 saturated heterocycles. The number of anilines is 2. The van der Waals surface area contributed by atoms with Crippen molar-refractivity contribution in [3.05, 3.63) is 71.0 Å². The number of rotatable bonds is 5. The van der Waals surface area contributed by atoms with Gasteiger partial charge < -0.3 is 10.2 Å². The van der Waals surface area contributed by atoms with Crippen molar-refractivity contribution in [3.63, 3.8) is 0 Å². The van der Waals surface area contributed by atoms with Crippen molar-refractivity contribution in [1.29, 1.82) is 0 Å². The quantitative estimate of drug-likeness (QED) is 0.518. The van der Waals surface area contributed by atoms with Crippen LogP contribution in [0.1, 0.15) is 0 Å². The van der Waals surface area contributed by atoms with Gasteiger partial charge >= 0.3 is 0 Å². The topological polar surface area (TPSA) is 75.4 Å². The summed E-state index contributed by atoms with van der Waals surface area (Å²) in [5.74, 6) is 0.850. The van der Waals surface area contributed by atoms with E-state index in [2.05, 4.69) is 20.4 Å². The molecule has 0 aliphatic carbocycles. The van der Waals surface area contributed by atoms with Gasteiger partial charge in [0.05, 0.1) is 28.0 Å². The highest BCUT2D eigenvalue weighted by molar-refractivity contribution is 6.39. The number of para-hydroxylation sites is 1. The minimum atomic E-state index is -0.270. The predicted molar refractivity (Wildman–Crippen MR) is 115 cm³/mol. The molecule has 0 atom stereocenters. The number of nitrogens with zero attached hydrogens (tertiary/aromatic N) is 5. The lowest BCUT2D eigenvalue weighted by Gasteiger charge is -2.20. The molecule has 1 N–H and O–H groups in total. The molecule has 0 aliphatic rings. The molecule has 0 spiro atoms. The van der Waals surface area contributed by atoms with E-state index in [0.29, 0.717) is 27.3 Å². The zero-order valence-corrected chi connectivity index (χ0v) is 16.9. The minimum Gasteiger partial charge on any atom is -0.350 e. The Bertz CT molecular complexity index is 1160. The van der Waals surface area contributed by atoms with Crippen LogP contribution in [0, 0.1) is 0 Å². The van der Waals surface area contributed by atoms with Crippen LogP contribution < -0.4 is 10.2 Å². The van der Waals surface area contributed by atoms with Crippen molar-refractivity contribution in [3.8, 4) is 11.3 Å². The molecule has 29 heavy (non-hydrogen) atoms. The maximum absolute atomic E-state index is 12.6. The number of hydrogen-bond donors (Lipinski definition) is 1. The van der Waals surface area contributed by atoms with E-state index in [1.807, 2.05) is 36.4 Å². The van der Waals surface area contributed by atoms with Gasteiger partial charge in [-0.3, -0.25) is 4.79 Å². The van der Waals surface area contributed by atoms with Crippen LogP contribution in [0.3, 0.4) is 0 Å². The van der Waals surface area contributed by atoms with Crippen molar-refractivity contribution < 1.29 is 4.79 Å². The fourth-order valence-electron chi connectivity index (χ4n) is 2.92. The van der Waals surface area contributed by atoms with Crippen molar-refractivity contribution >= 4 is 46.4 Å². The molecular weight excluding hydrogens is 411 g/mol. The van der Waals surface area contributed by atoms with Crippen LogP contribution in [0.4, 0.5) is 11.5 Å². The van der Waals surface area contributed by atoms with Gasteiger partial charge in [0.15, 0.2) is 0 Å². The second kappa shape index (κ2) is 8.06. The lowest BCUT2D eigenvalue weighted by molar-refractivity contribution is -0.114. The zero-order chi connectivity index (χ0) is 20.4. The summed E-state index contributed by atoms with van der Waals surface area (Å²) >= 11 is 12.3. The first-order valence-corrected chi connectivity index (χ1v) is 9.50. The van der Waals surface area contributed by atoms with E-state index in [-0.39, 0.29) is 12.5 Å². The number of halogens is 2. The van der Waals surface area contributed by atoms with Crippen LogP contribution in [0.5, 0.6) is 0 Å². The van der Waals surface area contributed by atoms with E-state index >= 15 is 0 Å². The number of nitrogens with one attached hydrogen (secondary N) is 1. The number of carbonyl (C=O) groups is 1. The van der Waals surface area contributed by atoms with Gasteiger partial charge in [-0.05, 0) is 12.1 Å². The van der Waals surface area contributed by atoms with Gasteiger partial charge in [-0.15, -0.1) is 0 Å². The van der Waals surface area contributed by atoms with Gasteiger partial charge in [0, 0.05) is 18.7 Å². The van der Waals surface area contributed by atoms with Gasteiger partial charge in [0.25, 0.3) is 5.78 Å². The highest BCUT2D eigenvalue weighted by Crippen LogP contribution is 2.30. The third kappa shape index (κ3) is 4.01. The Labute approximate surface area is 176 Å². The summed E-state index contributed by atoms with van der Waals surface area (Å²) in [6.07, 6.45) is 1.43. The van der Waals surface area contributed by atoms with Gasteiger partial charge in [0.1, 0.15) is 12.1 Å². The Balaban J connectivity index is 1.62. The molecule has 0 unspecified atom stereocenters. The normalized spacial score (nSPS) is 10.9. The zero-order valence-electron chi connectivity index (χ0n) is 15.4. The lowest BCUT2D eigenvalue weighted by Crippen LogP contribution is -2.31. The molecule has 0 fully saturated rings. The van der Waals surface area contributed by atoms with Gasteiger partial charge in [0.2, 0.25) is 5.91 Å². The first-order valence-electron chi connectivity index (χ1n) is 8.74. The van der Waals surface area contributed by atoms with E-state index < -0.39 is 0 Å².